The van der Waals surface area contributed by atoms with Crippen molar-refractivity contribution in [2.24, 2.45) is 0 Å². The van der Waals surface area contributed by atoms with E-state index in [1.807, 2.05) is 39.0 Å². The molecular formula is C23H37N3O5SSi. The highest BCUT2D eigenvalue weighted by molar-refractivity contribution is 7.99. The van der Waals surface area contributed by atoms with E-state index in [0.717, 1.165) is 47.3 Å². The Hall–Kier alpha value is -2.04. The topological polar surface area (TPSA) is 91.7 Å². The number of alkyl carbamates (subject to hydrolysis) is 1. The lowest BCUT2D eigenvalue weighted by Crippen LogP contribution is -2.33. The van der Waals surface area contributed by atoms with Gasteiger partial charge in [0.25, 0.3) is 0 Å². The first kappa shape index (κ1) is 27.2. The minimum absolute atomic E-state index is 0.0122. The van der Waals surface area contributed by atoms with Crippen molar-refractivity contribution >= 4 is 43.2 Å². The van der Waals surface area contributed by atoms with Gasteiger partial charge in [-0.25, -0.2) is 9.78 Å². The van der Waals surface area contributed by atoms with Gasteiger partial charge < -0.3 is 19.5 Å². The smallest absolute Gasteiger partial charge is 0.407 e. The molecule has 0 saturated heterocycles. The second-order valence-corrected chi connectivity index (χ2v) is 16.6. The molecule has 0 aliphatic carbocycles. The summed E-state index contributed by atoms with van der Waals surface area (Å²) in [5.74, 6) is 1.39. The molecule has 1 aromatic heterocycles. The molecular weight excluding hydrogens is 458 g/mol. The van der Waals surface area contributed by atoms with Gasteiger partial charge in [0.1, 0.15) is 24.7 Å². The monoisotopic (exact) mass is 495 g/mol. The standard InChI is InChI=1S/C23H37N3O5SSi/c1-23(2,3)31-22(28)24-10-7-14-32-21-25-19-16-18(30-12-11-27)8-9-20(19)26(21)17-29-13-15-33(4,5)6/h8-9,11,16H,7,10,12-15,17H2,1-6H3,(H,24,28). The van der Waals surface area contributed by atoms with Gasteiger partial charge in [0, 0.05) is 33.0 Å². The minimum Gasteiger partial charge on any atom is -0.486 e. The second kappa shape index (κ2) is 12.4. The molecule has 1 N–H and O–H groups in total. The Bertz CT molecular complexity index is 921. The van der Waals surface area contributed by atoms with Crippen molar-refractivity contribution < 1.29 is 23.8 Å². The molecule has 0 fully saturated rings. The molecule has 0 saturated carbocycles. The van der Waals surface area contributed by atoms with Gasteiger partial charge >= 0.3 is 6.09 Å². The summed E-state index contributed by atoms with van der Waals surface area (Å²) in [5, 5.41) is 3.63. The Labute approximate surface area is 201 Å². The number of imidazole rings is 1. The summed E-state index contributed by atoms with van der Waals surface area (Å²) in [6.07, 6.45) is 1.09. The Kier molecular flexibility index (Phi) is 10.2. The van der Waals surface area contributed by atoms with Gasteiger partial charge in [-0.1, -0.05) is 31.4 Å². The second-order valence-electron chi connectivity index (χ2n) is 9.93. The van der Waals surface area contributed by atoms with Crippen LogP contribution in [0.3, 0.4) is 0 Å². The molecule has 0 aliphatic rings. The number of nitrogens with zero attached hydrogens (tertiary/aromatic N) is 2. The number of benzene rings is 1. The highest BCUT2D eigenvalue weighted by Crippen LogP contribution is 2.27. The molecule has 0 unspecified atom stereocenters. The van der Waals surface area contributed by atoms with Crippen LogP contribution in [0.2, 0.25) is 25.7 Å². The number of thioether (sulfide) groups is 1. The van der Waals surface area contributed by atoms with E-state index >= 15 is 0 Å². The number of aldehydes is 1. The predicted octanol–water partition coefficient (Wildman–Crippen LogP) is 4.93. The van der Waals surface area contributed by atoms with Crippen molar-refractivity contribution in [1.29, 1.82) is 0 Å². The zero-order chi connectivity index (χ0) is 24.5. The van der Waals surface area contributed by atoms with Crippen LogP contribution < -0.4 is 10.1 Å². The molecule has 1 aromatic carbocycles. The number of aromatic nitrogens is 2. The summed E-state index contributed by atoms with van der Waals surface area (Å²) in [4.78, 5) is 27.2. The molecule has 1 amide bonds. The first-order valence-corrected chi connectivity index (χ1v) is 15.9. The van der Waals surface area contributed by atoms with Crippen molar-refractivity contribution in [3.63, 3.8) is 0 Å². The van der Waals surface area contributed by atoms with Crippen LogP contribution in [-0.4, -0.2) is 61.1 Å². The van der Waals surface area contributed by atoms with Crippen LogP contribution in [0, 0.1) is 0 Å². The molecule has 184 valence electrons. The number of hydrogen-bond donors (Lipinski definition) is 1. The molecule has 1 heterocycles. The number of rotatable bonds is 13. The Morgan fingerprint density at radius 3 is 2.70 bits per heavy atom. The van der Waals surface area contributed by atoms with Crippen LogP contribution in [0.15, 0.2) is 23.4 Å². The fourth-order valence-electron chi connectivity index (χ4n) is 2.82. The first-order valence-electron chi connectivity index (χ1n) is 11.2. The molecule has 2 aromatic rings. The minimum atomic E-state index is -1.17. The first-order chi connectivity index (χ1) is 15.5. The molecule has 8 nitrogen and oxygen atoms in total. The summed E-state index contributed by atoms with van der Waals surface area (Å²) in [6, 6.07) is 6.72. The lowest BCUT2D eigenvalue weighted by Gasteiger charge is -2.19. The summed E-state index contributed by atoms with van der Waals surface area (Å²) >= 11 is 1.62. The molecule has 0 bridgehead atoms. The Balaban J connectivity index is 2.01. The molecule has 0 radical (unpaired) electrons. The number of fused-ring (bicyclic) bond motifs is 1. The van der Waals surface area contributed by atoms with Crippen LogP contribution in [-0.2, 0) is 21.0 Å². The maximum Gasteiger partial charge on any atom is 0.407 e. The lowest BCUT2D eigenvalue weighted by molar-refractivity contribution is -0.109. The van der Waals surface area contributed by atoms with Crippen LogP contribution in [0.1, 0.15) is 27.2 Å². The zero-order valence-electron chi connectivity index (χ0n) is 20.6. The third-order valence-electron chi connectivity index (χ3n) is 4.44. The summed E-state index contributed by atoms with van der Waals surface area (Å²) in [7, 11) is -1.17. The van der Waals surface area contributed by atoms with Gasteiger partial charge in [-0.3, -0.25) is 9.36 Å². The summed E-state index contributed by atoms with van der Waals surface area (Å²) in [6.45, 7) is 14.2. The van der Waals surface area contributed by atoms with E-state index in [1.165, 1.54) is 0 Å². The van der Waals surface area contributed by atoms with E-state index in [4.69, 9.17) is 19.2 Å². The third kappa shape index (κ3) is 10.2. The van der Waals surface area contributed by atoms with Gasteiger partial charge in [0.05, 0.1) is 11.0 Å². The number of amides is 1. The third-order valence-corrected chi connectivity index (χ3v) is 7.21. The normalized spacial score (nSPS) is 12.1. The largest absolute Gasteiger partial charge is 0.486 e. The van der Waals surface area contributed by atoms with Gasteiger partial charge in [-0.2, -0.15) is 0 Å². The van der Waals surface area contributed by atoms with E-state index in [-0.39, 0.29) is 6.61 Å². The number of carbonyl (C=O) groups is 2. The number of ether oxygens (including phenoxy) is 3. The van der Waals surface area contributed by atoms with Crippen LogP contribution in [0.25, 0.3) is 11.0 Å². The lowest BCUT2D eigenvalue weighted by atomic mass is 10.2. The van der Waals surface area contributed by atoms with Crippen molar-refractivity contribution in [3.8, 4) is 5.75 Å². The average Bonchev–Trinajstić information content (AvgIpc) is 3.04. The van der Waals surface area contributed by atoms with E-state index < -0.39 is 19.8 Å². The van der Waals surface area contributed by atoms with Crippen molar-refractivity contribution in [1.82, 2.24) is 14.9 Å². The maximum absolute atomic E-state index is 11.8. The average molecular weight is 496 g/mol. The fraction of sp³-hybridized carbons (Fsp3) is 0.609. The SMILES string of the molecule is CC(C)(C)OC(=O)NCCCSc1nc2cc(OCC=O)ccc2n1COCC[Si](C)(C)C. The summed E-state index contributed by atoms with van der Waals surface area (Å²) < 4.78 is 18.7. The van der Waals surface area contributed by atoms with Crippen LogP contribution in [0.4, 0.5) is 4.79 Å². The van der Waals surface area contributed by atoms with Gasteiger partial charge in [-0.05, 0) is 45.4 Å². The zero-order valence-corrected chi connectivity index (χ0v) is 22.4. The molecule has 33 heavy (non-hydrogen) atoms. The Morgan fingerprint density at radius 2 is 2.03 bits per heavy atom. The van der Waals surface area contributed by atoms with Crippen molar-refractivity contribution in [2.75, 3.05) is 25.5 Å². The van der Waals surface area contributed by atoms with Crippen molar-refractivity contribution in [3.05, 3.63) is 18.2 Å². The van der Waals surface area contributed by atoms with Crippen LogP contribution >= 0.6 is 11.8 Å². The summed E-state index contributed by atoms with van der Waals surface area (Å²) in [5.41, 5.74) is 1.24. The molecule has 2 rings (SSSR count). The number of carbonyl (C=O) groups excluding carboxylic acids is 2. The van der Waals surface area contributed by atoms with Crippen molar-refractivity contribution in [2.45, 2.75) is 70.4 Å². The Morgan fingerprint density at radius 1 is 1.27 bits per heavy atom. The van der Waals surface area contributed by atoms with E-state index in [0.29, 0.717) is 19.0 Å². The maximum atomic E-state index is 11.8. The molecule has 0 spiro atoms. The van der Waals surface area contributed by atoms with Gasteiger partial charge in [-0.15, -0.1) is 0 Å². The number of nitrogens with one attached hydrogen (secondary N) is 1. The van der Waals surface area contributed by atoms with Crippen LogP contribution in [0.5, 0.6) is 5.75 Å². The highest BCUT2D eigenvalue weighted by Gasteiger charge is 2.17. The predicted molar refractivity (Wildman–Crippen MR) is 135 cm³/mol. The van der Waals surface area contributed by atoms with E-state index in [9.17, 15) is 9.59 Å². The molecule has 0 aliphatic heterocycles. The quantitative estimate of drug-likeness (QED) is 0.182. The molecule has 0 atom stereocenters. The van der Waals surface area contributed by atoms with Gasteiger partial charge in [0.15, 0.2) is 11.4 Å². The van der Waals surface area contributed by atoms with E-state index in [2.05, 4.69) is 29.5 Å². The number of hydrogen-bond acceptors (Lipinski definition) is 7. The fourth-order valence-corrected chi connectivity index (χ4v) is 4.51. The molecule has 10 heteroatoms. The van der Waals surface area contributed by atoms with Gasteiger partial charge in [0.2, 0.25) is 0 Å². The van der Waals surface area contributed by atoms with E-state index in [1.54, 1.807) is 11.8 Å². The highest BCUT2D eigenvalue weighted by atomic mass is 32.2.